The average Bonchev–Trinajstić information content (AvgIpc) is 3.31. The minimum atomic E-state index is -0.495. The van der Waals surface area contributed by atoms with Gasteiger partial charge in [-0.3, -0.25) is 9.98 Å². The number of fused-ring (bicyclic) bond motifs is 1. The third kappa shape index (κ3) is 3.59. The van der Waals surface area contributed by atoms with Crippen LogP contribution in [0.3, 0.4) is 0 Å². The largest absolute Gasteiger partial charge is 0.493 e. The maximum absolute atomic E-state index is 11.4. The molecule has 1 aromatic carbocycles. The highest BCUT2D eigenvalue weighted by Gasteiger charge is 2.20. The maximum atomic E-state index is 11.4. The van der Waals surface area contributed by atoms with Crippen molar-refractivity contribution in [3.63, 3.8) is 0 Å². The molecule has 0 radical (unpaired) electrons. The highest BCUT2D eigenvalue weighted by Crippen LogP contribution is 2.23. The summed E-state index contributed by atoms with van der Waals surface area (Å²) in [6, 6.07) is 9.46. The lowest BCUT2D eigenvalue weighted by Gasteiger charge is -2.06. The number of H-pyrrole nitrogens is 2. The van der Waals surface area contributed by atoms with Crippen molar-refractivity contribution in [3.8, 4) is 5.88 Å². The van der Waals surface area contributed by atoms with Crippen LogP contribution in [-0.2, 0) is 0 Å². The van der Waals surface area contributed by atoms with Crippen LogP contribution < -0.4 is 21.7 Å². The fourth-order valence-corrected chi connectivity index (χ4v) is 3.16. The number of aromatic nitrogens is 5. The number of imidazole rings is 1. The Balaban J connectivity index is 1.68. The molecule has 0 bridgehead atoms. The van der Waals surface area contributed by atoms with Crippen molar-refractivity contribution < 1.29 is 5.11 Å². The number of hydrogen-bond donors (Lipinski definition) is 4. The molecule has 10 heteroatoms. The van der Waals surface area contributed by atoms with Crippen LogP contribution in [0.2, 0.25) is 5.02 Å². The van der Waals surface area contributed by atoms with Crippen LogP contribution in [0.5, 0.6) is 5.88 Å². The molecule has 0 saturated heterocycles. The molecule has 1 fully saturated rings. The summed E-state index contributed by atoms with van der Waals surface area (Å²) in [4.78, 5) is 25.6. The highest BCUT2D eigenvalue weighted by molar-refractivity contribution is 6.30. The lowest BCUT2D eigenvalue weighted by Crippen LogP contribution is -2.19. The second-order valence-electron chi connectivity index (χ2n) is 6.82. The van der Waals surface area contributed by atoms with Crippen molar-refractivity contribution >= 4 is 34.8 Å². The van der Waals surface area contributed by atoms with E-state index in [1.807, 2.05) is 18.2 Å². The van der Waals surface area contributed by atoms with E-state index in [2.05, 4.69) is 25.4 Å². The SMILES string of the molecule is O=c1[nH]c(O)c(/C=c2\cnn3c(=NC4CC4)cc(Nc4cccc(Cl)c4)nc23)[nH]1. The average molecular weight is 410 g/mol. The van der Waals surface area contributed by atoms with Crippen LogP contribution >= 0.6 is 11.6 Å². The van der Waals surface area contributed by atoms with E-state index in [0.717, 1.165) is 18.5 Å². The molecule has 9 nitrogen and oxygen atoms in total. The fraction of sp³-hybridized carbons (Fsp3) is 0.158. The molecule has 4 N–H and O–H groups in total. The summed E-state index contributed by atoms with van der Waals surface area (Å²) < 4.78 is 1.65. The number of benzene rings is 1. The van der Waals surface area contributed by atoms with E-state index in [9.17, 15) is 9.90 Å². The van der Waals surface area contributed by atoms with Gasteiger partial charge >= 0.3 is 5.69 Å². The summed E-state index contributed by atoms with van der Waals surface area (Å²) in [6.07, 6.45) is 5.33. The van der Waals surface area contributed by atoms with Crippen LogP contribution in [0.25, 0.3) is 11.7 Å². The Labute approximate surface area is 168 Å². The third-order valence-corrected chi connectivity index (χ3v) is 4.71. The number of aromatic amines is 2. The van der Waals surface area contributed by atoms with E-state index < -0.39 is 5.69 Å². The molecular weight excluding hydrogens is 394 g/mol. The van der Waals surface area contributed by atoms with Gasteiger partial charge < -0.3 is 15.4 Å². The number of rotatable bonds is 4. The number of anilines is 2. The van der Waals surface area contributed by atoms with Crippen LogP contribution in [-0.4, -0.2) is 35.7 Å². The van der Waals surface area contributed by atoms with Gasteiger partial charge in [-0.15, -0.1) is 0 Å². The number of nitrogens with one attached hydrogen (secondary N) is 3. The quantitative estimate of drug-likeness (QED) is 0.406. The molecule has 3 heterocycles. The Morgan fingerprint density at radius 2 is 2.17 bits per heavy atom. The normalized spacial score (nSPS) is 15.3. The summed E-state index contributed by atoms with van der Waals surface area (Å²) in [5.41, 5.74) is 1.77. The number of halogens is 1. The van der Waals surface area contributed by atoms with Crippen molar-refractivity contribution in [2.75, 3.05) is 5.32 Å². The lowest BCUT2D eigenvalue weighted by molar-refractivity contribution is 0.454. The smallest absolute Gasteiger partial charge is 0.326 e. The molecule has 0 atom stereocenters. The topological polar surface area (TPSA) is 123 Å². The van der Waals surface area contributed by atoms with Crippen molar-refractivity contribution in [2.24, 2.45) is 4.99 Å². The van der Waals surface area contributed by atoms with E-state index in [0.29, 0.717) is 33.2 Å². The maximum Gasteiger partial charge on any atom is 0.326 e. The zero-order chi connectivity index (χ0) is 20.0. The van der Waals surface area contributed by atoms with Gasteiger partial charge in [-0.1, -0.05) is 17.7 Å². The molecule has 0 spiro atoms. The summed E-state index contributed by atoms with van der Waals surface area (Å²) in [5.74, 6) is 0.339. The molecule has 3 aromatic heterocycles. The van der Waals surface area contributed by atoms with Crippen molar-refractivity contribution in [1.29, 1.82) is 0 Å². The molecule has 0 unspecified atom stereocenters. The van der Waals surface area contributed by atoms with Gasteiger partial charge in [0.25, 0.3) is 0 Å². The zero-order valence-corrected chi connectivity index (χ0v) is 15.8. The Bertz CT molecular complexity index is 1400. The predicted molar refractivity (Wildman–Crippen MR) is 108 cm³/mol. The van der Waals surface area contributed by atoms with Gasteiger partial charge in [-0.25, -0.2) is 9.78 Å². The first-order valence-corrected chi connectivity index (χ1v) is 9.41. The standard InChI is InChI=1S/C19H16ClN7O2/c20-11-2-1-3-13(7-11)22-15-8-16(23-12-4-5-12)27-17(25-15)10(9-21-27)6-14-18(28)26-19(29)24-14/h1-3,6-9,12,22,28H,4-5H2,(H2,24,26,29)/b10-6+,23-16?. The van der Waals surface area contributed by atoms with E-state index in [1.165, 1.54) is 0 Å². The first kappa shape index (κ1) is 17.5. The fourth-order valence-electron chi connectivity index (χ4n) is 2.97. The van der Waals surface area contributed by atoms with Gasteiger partial charge in [0.1, 0.15) is 11.5 Å². The number of nitrogens with zero attached hydrogens (tertiary/aromatic N) is 4. The predicted octanol–water partition coefficient (Wildman–Crippen LogP) is 1.46. The Morgan fingerprint density at radius 1 is 1.31 bits per heavy atom. The molecule has 5 rings (SSSR count). The Morgan fingerprint density at radius 3 is 2.90 bits per heavy atom. The molecule has 1 aliphatic carbocycles. The van der Waals surface area contributed by atoms with Gasteiger partial charge in [0.05, 0.1) is 12.2 Å². The lowest BCUT2D eigenvalue weighted by atomic mass is 10.3. The number of hydrogen-bond acceptors (Lipinski definition) is 6. The monoisotopic (exact) mass is 409 g/mol. The second-order valence-corrected chi connectivity index (χ2v) is 7.25. The van der Waals surface area contributed by atoms with Crippen LogP contribution in [0.1, 0.15) is 18.5 Å². The van der Waals surface area contributed by atoms with Gasteiger partial charge in [-0.2, -0.15) is 9.61 Å². The summed E-state index contributed by atoms with van der Waals surface area (Å²) in [6.45, 7) is 0. The van der Waals surface area contributed by atoms with Crippen LogP contribution in [0.4, 0.5) is 11.5 Å². The first-order valence-electron chi connectivity index (χ1n) is 9.03. The van der Waals surface area contributed by atoms with E-state index in [-0.39, 0.29) is 11.6 Å². The molecule has 29 heavy (non-hydrogen) atoms. The van der Waals surface area contributed by atoms with Gasteiger partial charge in [-0.05, 0) is 37.1 Å². The third-order valence-electron chi connectivity index (χ3n) is 4.47. The van der Waals surface area contributed by atoms with Crippen LogP contribution in [0.15, 0.2) is 46.3 Å². The molecular formula is C19H16ClN7O2. The molecule has 146 valence electrons. The minimum Gasteiger partial charge on any atom is -0.493 e. The van der Waals surface area contributed by atoms with Crippen molar-refractivity contribution in [2.45, 2.75) is 18.9 Å². The van der Waals surface area contributed by atoms with Crippen LogP contribution in [0, 0.1) is 0 Å². The first-order chi connectivity index (χ1) is 14.0. The minimum absolute atomic E-state index is 0.245. The van der Waals surface area contributed by atoms with E-state index in [4.69, 9.17) is 16.6 Å². The molecule has 0 amide bonds. The second kappa shape index (κ2) is 6.78. The van der Waals surface area contributed by atoms with E-state index >= 15 is 0 Å². The molecule has 0 aliphatic heterocycles. The van der Waals surface area contributed by atoms with Crippen molar-refractivity contribution in [3.05, 3.63) is 68.4 Å². The van der Waals surface area contributed by atoms with Gasteiger partial charge in [0, 0.05) is 22.0 Å². The van der Waals surface area contributed by atoms with Gasteiger partial charge in [0.15, 0.2) is 11.1 Å². The van der Waals surface area contributed by atoms with E-state index in [1.54, 1.807) is 28.9 Å². The molecule has 4 aromatic rings. The summed E-state index contributed by atoms with van der Waals surface area (Å²) >= 11 is 6.08. The zero-order valence-electron chi connectivity index (χ0n) is 15.1. The number of aromatic hydroxyl groups is 1. The molecule has 1 aliphatic rings. The Hall–Kier alpha value is -3.59. The summed E-state index contributed by atoms with van der Waals surface area (Å²) in [5, 5.41) is 18.7. The van der Waals surface area contributed by atoms with Gasteiger partial charge in [0.2, 0.25) is 5.88 Å². The summed E-state index contributed by atoms with van der Waals surface area (Å²) in [7, 11) is 0. The highest BCUT2D eigenvalue weighted by atomic mass is 35.5. The Kier molecular flexibility index (Phi) is 4.09. The molecule has 1 saturated carbocycles. The van der Waals surface area contributed by atoms with Crippen molar-refractivity contribution in [1.82, 2.24) is 24.6 Å².